The van der Waals surface area contributed by atoms with Crippen molar-refractivity contribution in [1.82, 2.24) is 0 Å². The molecule has 0 saturated carbocycles. The van der Waals surface area contributed by atoms with Crippen molar-refractivity contribution in [2.24, 2.45) is 0 Å². The maximum absolute atomic E-state index is 9.66. The molecule has 0 spiro atoms. The summed E-state index contributed by atoms with van der Waals surface area (Å²) in [7, 11) is 0. The van der Waals surface area contributed by atoms with Gasteiger partial charge in [0.05, 0.1) is 0 Å². The van der Waals surface area contributed by atoms with Crippen molar-refractivity contribution < 1.29 is 5.11 Å². The Hall–Kier alpha value is -0.310. The van der Waals surface area contributed by atoms with Crippen molar-refractivity contribution in [3.05, 3.63) is 34.5 Å². The third-order valence-electron chi connectivity index (χ3n) is 1.91. The fourth-order valence-electron chi connectivity index (χ4n) is 1.14. The molecule has 1 rings (SSSR count). The Morgan fingerprint density at radius 1 is 1.50 bits per heavy atom. The summed E-state index contributed by atoms with van der Waals surface area (Å²) < 4.78 is 0. The standard InChI is InChI=1S/C11H15ClOS/c12-8-4-2-1-3-6-10(13)11-7-5-9-14-11/h3,5-7,9-10,13H,1-2,4,8H2/b6-3-. The first kappa shape index (κ1) is 11.8. The van der Waals surface area contributed by atoms with E-state index in [9.17, 15) is 5.11 Å². The molecular weight excluding hydrogens is 216 g/mol. The molecule has 1 N–H and O–H groups in total. The van der Waals surface area contributed by atoms with E-state index >= 15 is 0 Å². The first-order chi connectivity index (χ1) is 6.84. The van der Waals surface area contributed by atoms with E-state index < -0.39 is 6.10 Å². The van der Waals surface area contributed by atoms with Crippen LogP contribution in [0.3, 0.4) is 0 Å². The van der Waals surface area contributed by atoms with Crippen LogP contribution < -0.4 is 0 Å². The van der Waals surface area contributed by atoms with Gasteiger partial charge in [-0.3, -0.25) is 0 Å². The van der Waals surface area contributed by atoms with Gasteiger partial charge in [0.25, 0.3) is 0 Å². The topological polar surface area (TPSA) is 20.2 Å². The zero-order valence-electron chi connectivity index (χ0n) is 8.03. The van der Waals surface area contributed by atoms with Crippen LogP contribution in [0.15, 0.2) is 29.7 Å². The van der Waals surface area contributed by atoms with Crippen LogP contribution in [0.2, 0.25) is 0 Å². The maximum atomic E-state index is 9.66. The monoisotopic (exact) mass is 230 g/mol. The minimum Gasteiger partial charge on any atom is -0.383 e. The average molecular weight is 231 g/mol. The molecule has 14 heavy (non-hydrogen) atoms. The van der Waals surface area contributed by atoms with Gasteiger partial charge in [0.2, 0.25) is 0 Å². The maximum Gasteiger partial charge on any atom is 0.106 e. The van der Waals surface area contributed by atoms with Crippen LogP contribution >= 0.6 is 22.9 Å². The molecule has 1 nitrogen and oxygen atoms in total. The third kappa shape index (κ3) is 4.27. The molecule has 0 aliphatic carbocycles. The quantitative estimate of drug-likeness (QED) is 0.448. The fraction of sp³-hybridized carbons (Fsp3) is 0.455. The lowest BCUT2D eigenvalue weighted by Gasteiger charge is -2.00. The highest BCUT2D eigenvalue weighted by molar-refractivity contribution is 7.10. The molecule has 1 unspecified atom stereocenters. The molecule has 0 amide bonds. The number of hydrogen-bond donors (Lipinski definition) is 1. The van der Waals surface area contributed by atoms with Crippen LogP contribution in [0.25, 0.3) is 0 Å². The lowest BCUT2D eigenvalue weighted by atomic mass is 10.2. The number of allylic oxidation sites excluding steroid dienone is 1. The second-order valence-electron chi connectivity index (χ2n) is 3.07. The number of thiophene rings is 1. The van der Waals surface area contributed by atoms with Gasteiger partial charge in [-0.25, -0.2) is 0 Å². The third-order valence-corrected chi connectivity index (χ3v) is 3.12. The van der Waals surface area contributed by atoms with Crippen LogP contribution in [0.5, 0.6) is 0 Å². The van der Waals surface area contributed by atoms with Crippen molar-refractivity contribution in [3.63, 3.8) is 0 Å². The smallest absolute Gasteiger partial charge is 0.106 e. The molecule has 1 aromatic rings. The van der Waals surface area contributed by atoms with Gasteiger partial charge >= 0.3 is 0 Å². The van der Waals surface area contributed by atoms with E-state index in [1.54, 1.807) is 11.3 Å². The Bertz CT molecular complexity index is 256. The molecule has 0 aliphatic rings. The lowest BCUT2D eigenvalue weighted by Crippen LogP contribution is -1.87. The number of aliphatic hydroxyl groups is 1. The Morgan fingerprint density at radius 2 is 2.36 bits per heavy atom. The largest absolute Gasteiger partial charge is 0.383 e. The summed E-state index contributed by atoms with van der Waals surface area (Å²) in [5.74, 6) is 0.724. The lowest BCUT2D eigenvalue weighted by molar-refractivity contribution is 0.232. The molecule has 0 saturated heterocycles. The van der Waals surface area contributed by atoms with Crippen LogP contribution in [-0.2, 0) is 0 Å². The van der Waals surface area contributed by atoms with Crippen molar-refractivity contribution in [2.45, 2.75) is 25.4 Å². The SMILES string of the molecule is OC(/C=C\CCCCCl)c1cccs1. The van der Waals surface area contributed by atoms with Crippen LogP contribution in [0, 0.1) is 0 Å². The molecule has 1 aromatic heterocycles. The van der Waals surface area contributed by atoms with Crippen molar-refractivity contribution >= 4 is 22.9 Å². The highest BCUT2D eigenvalue weighted by atomic mass is 35.5. The molecule has 0 fully saturated rings. The minimum atomic E-state index is -0.439. The van der Waals surface area contributed by atoms with E-state index in [0.29, 0.717) is 0 Å². The summed E-state index contributed by atoms with van der Waals surface area (Å²) in [6, 6.07) is 3.89. The van der Waals surface area contributed by atoms with Gasteiger partial charge in [0.15, 0.2) is 0 Å². The summed E-state index contributed by atoms with van der Waals surface area (Å²) in [6.45, 7) is 0. The van der Waals surface area contributed by atoms with Crippen LogP contribution in [-0.4, -0.2) is 11.0 Å². The second kappa shape index (κ2) is 7.04. The van der Waals surface area contributed by atoms with Gasteiger partial charge in [-0.2, -0.15) is 0 Å². The number of aliphatic hydroxyl groups excluding tert-OH is 1. The van der Waals surface area contributed by atoms with E-state index in [4.69, 9.17) is 11.6 Å². The van der Waals surface area contributed by atoms with Gasteiger partial charge in [0, 0.05) is 10.8 Å². The predicted octanol–water partition coefficient (Wildman–Crippen LogP) is 3.75. The van der Waals surface area contributed by atoms with Crippen LogP contribution in [0.1, 0.15) is 30.2 Å². The zero-order valence-corrected chi connectivity index (χ0v) is 9.60. The van der Waals surface area contributed by atoms with E-state index in [-0.39, 0.29) is 0 Å². The van der Waals surface area contributed by atoms with Crippen LogP contribution in [0.4, 0.5) is 0 Å². The predicted molar refractivity (Wildman–Crippen MR) is 63.0 cm³/mol. The summed E-state index contributed by atoms with van der Waals surface area (Å²) in [6.07, 6.45) is 6.57. The Kier molecular flexibility index (Phi) is 5.92. The first-order valence-corrected chi connectivity index (χ1v) is 6.20. The van der Waals surface area contributed by atoms with E-state index in [1.165, 1.54) is 0 Å². The van der Waals surface area contributed by atoms with Gasteiger partial charge in [0.1, 0.15) is 6.10 Å². The Balaban J connectivity index is 2.23. The molecule has 3 heteroatoms. The number of rotatable bonds is 6. The van der Waals surface area contributed by atoms with E-state index in [0.717, 1.165) is 30.0 Å². The molecule has 0 radical (unpaired) electrons. The highest BCUT2D eigenvalue weighted by Crippen LogP contribution is 2.19. The zero-order chi connectivity index (χ0) is 10.2. The molecular formula is C11H15ClOS. The minimum absolute atomic E-state index is 0.439. The van der Waals surface area contributed by atoms with E-state index in [2.05, 4.69) is 0 Å². The molecule has 1 heterocycles. The van der Waals surface area contributed by atoms with Gasteiger partial charge < -0.3 is 5.11 Å². The molecule has 78 valence electrons. The number of hydrogen-bond acceptors (Lipinski definition) is 2. The van der Waals surface area contributed by atoms with Gasteiger partial charge in [-0.05, 0) is 30.7 Å². The summed E-state index contributed by atoms with van der Waals surface area (Å²) in [4.78, 5) is 0.999. The number of halogens is 1. The fourth-order valence-corrected chi connectivity index (χ4v) is 2.01. The second-order valence-corrected chi connectivity index (χ2v) is 4.43. The summed E-state index contributed by atoms with van der Waals surface area (Å²) >= 11 is 7.13. The van der Waals surface area contributed by atoms with Crippen molar-refractivity contribution in [3.8, 4) is 0 Å². The molecule has 1 atom stereocenters. The molecule has 0 bridgehead atoms. The Labute approximate surface area is 94.0 Å². The number of unbranched alkanes of at least 4 members (excludes halogenated alkanes) is 2. The normalized spacial score (nSPS) is 13.6. The summed E-state index contributed by atoms with van der Waals surface area (Å²) in [5.41, 5.74) is 0. The molecule has 0 aromatic carbocycles. The van der Waals surface area contributed by atoms with Gasteiger partial charge in [-0.15, -0.1) is 22.9 Å². The molecule has 0 aliphatic heterocycles. The van der Waals surface area contributed by atoms with Crippen molar-refractivity contribution in [1.29, 1.82) is 0 Å². The number of alkyl halides is 1. The average Bonchev–Trinajstić information content (AvgIpc) is 2.70. The Morgan fingerprint density at radius 3 is 3.00 bits per heavy atom. The van der Waals surface area contributed by atoms with Gasteiger partial charge in [-0.1, -0.05) is 18.2 Å². The first-order valence-electron chi connectivity index (χ1n) is 4.78. The summed E-state index contributed by atoms with van der Waals surface area (Å²) in [5, 5.41) is 11.6. The highest BCUT2D eigenvalue weighted by Gasteiger charge is 2.02. The van der Waals surface area contributed by atoms with Crippen molar-refractivity contribution in [2.75, 3.05) is 5.88 Å². The van der Waals surface area contributed by atoms with E-state index in [1.807, 2.05) is 29.7 Å².